The van der Waals surface area contributed by atoms with Gasteiger partial charge < -0.3 is 5.32 Å². The fourth-order valence-corrected chi connectivity index (χ4v) is 1.49. The molecule has 3 heteroatoms. The van der Waals surface area contributed by atoms with Gasteiger partial charge in [-0.05, 0) is 12.3 Å². The van der Waals surface area contributed by atoms with Crippen LogP contribution in [0.15, 0.2) is 12.7 Å². The SMILES string of the molecule is C=CCNC(=O)C(=O)CCC1CCC1. The Morgan fingerprint density at radius 3 is 2.64 bits per heavy atom. The number of Topliss-reactive ketones (excluding diaryl/α,β-unsaturated/α-hetero) is 1. The van der Waals surface area contributed by atoms with Crippen molar-refractivity contribution < 1.29 is 9.59 Å². The Hall–Kier alpha value is -1.12. The summed E-state index contributed by atoms with van der Waals surface area (Å²) in [5.74, 6) is -0.0749. The fourth-order valence-electron chi connectivity index (χ4n) is 1.49. The second-order valence-electron chi connectivity index (χ2n) is 3.76. The minimum atomic E-state index is -0.468. The van der Waals surface area contributed by atoms with Crippen LogP contribution in [0.2, 0.25) is 0 Å². The van der Waals surface area contributed by atoms with Crippen molar-refractivity contribution in [2.45, 2.75) is 32.1 Å². The van der Waals surface area contributed by atoms with Gasteiger partial charge in [-0.1, -0.05) is 25.3 Å². The Morgan fingerprint density at radius 1 is 1.43 bits per heavy atom. The van der Waals surface area contributed by atoms with Gasteiger partial charge in [0.05, 0.1) is 0 Å². The Kier molecular flexibility index (Phi) is 4.36. The molecule has 3 nitrogen and oxygen atoms in total. The lowest BCUT2D eigenvalue weighted by Crippen LogP contribution is -2.31. The molecule has 0 heterocycles. The summed E-state index contributed by atoms with van der Waals surface area (Å²) in [6.07, 6.45) is 6.57. The first kappa shape index (κ1) is 11.0. The van der Waals surface area contributed by atoms with Crippen LogP contribution in [0.4, 0.5) is 0 Å². The Morgan fingerprint density at radius 2 is 2.14 bits per heavy atom. The first-order chi connectivity index (χ1) is 6.74. The smallest absolute Gasteiger partial charge is 0.287 e. The van der Waals surface area contributed by atoms with E-state index in [1.54, 1.807) is 6.08 Å². The van der Waals surface area contributed by atoms with E-state index in [0.29, 0.717) is 18.9 Å². The second kappa shape index (κ2) is 5.58. The summed E-state index contributed by atoms with van der Waals surface area (Å²) in [6, 6.07) is 0. The molecule has 0 aliphatic heterocycles. The van der Waals surface area contributed by atoms with Crippen LogP contribution >= 0.6 is 0 Å². The molecule has 0 radical (unpaired) electrons. The number of carbonyl (C=O) groups is 2. The molecule has 0 saturated heterocycles. The minimum Gasteiger partial charge on any atom is -0.346 e. The summed E-state index contributed by atoms with van der Waals surface area (Å²) in [6.45, 7) is 3.83. The number of hydrogen-bond acceptors (Lipinski definition) is 2. The van der Waals surface area contributed by atoms with Crippen molar-refractivity contribution in [2.75, 3.05) is 6.54 Å². The molecule has 1 aliphatic carbocycles. The van der Waals surface area contributed by atoms with Crippen LogP contribution in [0.25, 0.3) is 0 Å². The van der Waals surface area contributed by atoms with Gasteiger partial charge in [0, 0.05) is 13.0 Å². The van der Waals surface area contributed by atoms with Crippen LogP contribution in [0.3, 0.4) is 0 Å². The van der Waals surface area contributed by atoms with Gasteiger partial charge in [0.2, 0.25) is 5.78 Å². The van der Waals surface area contributed by atoms with Crippen LogP contribution in [0.1, 0.15) is 32.1 Å². The number of carbonyl (C=O) groups excluding carboxylic acids is 2. The van der Waals surface area contributed by atoms with E-state index in [2.05, 4.69) is 11.9 Å². The predicted octanol–water partition coefficient (Wildman–Crippen LogP) is 1.44. The molecule has 0 unspecified atom stereocenters. The summed E-state index contributed by atoms with van der Waals surface area (Å²) >= 11 is 0. The van der Waals surface area contributed by atoms with Crippen molar-refractivity contribution in [1.82, 2.24) is 5.32 Å². The van der Waals surface area contributed by atoms with Gasteiger partial charge in [-0.15, -0.1) is 6.58 Å². The topological polar surface area (TPSA) is 46.2 Å². The standard InChI is InChI=1S/C11H17NO2/c1-2-8-12-11(14)10(13)7-6-9-4-3-5-9/h2,9H,1,3-8H2,(H,12,14). The number of amides is 1. The van der Waals surface area contributed by atoms with Crippen LogP contribution < -0.4 is 5.32 Å². The minimum absolute atomic E-state index is 0.293. The third-order valence-corrected chi connectivity index (χ3v) is 2.66. The fraction of sp³-hybridized carbons (Fsp3) is 0.636. The van der Waals surface area contributed by atoms with Gasteiger partial charge in [-0.25, -0.2) is 0 Å². The van der Waals surface area contributed by atoms with Crippen LogP contribution in [-0.4, -0.2) is 18.2 Å². The largest absolute Gasteiger partial charge is 0.346 e. The monoisotopic (exact) mass is 195 g/mol. The van der Waals surface area contributed by atoms with E-state index in [4.69, 9.17) is 0 Å². The quantitative estimate of drug-likeness (QED) is 0.515. The highest BCUT2D eigenvalue weighted by molar-refractivity contribution is 6.36. The maximum absolute atomic E-state index is 11.2. The van der Waals surface area contributed by atoms with E-state index < -0.39 is 5.91 Å². The molecule has 0 bridgehead atoms. The maximum atomic E-state index is 11.2. The van der Waals surface area contributed by atoms with E-state index in [1.165, 1.54) is 19.3 Å². The Bertz CT molecular complexity index is 231. The van der Waals surface area contributed by atoms with Gasteiger partial charge >= 0.3 is 0 Å². The molecule has 1 rings (SSSR count). The summed E-state index contributed by atoms with van der Waals surface area (Å²) in [5, 5.41) is 2.49. The van der Waals surface area contributed by atoms with E-state index in [9.17, 15) is 9.59 Å². The van der Waals surface area contributed by atoms with Crippen molar-refractivity contribution in [3.8, 4) is 0 Å². The van der Waals surface area contributed by atoms with Crippen molar-refractivity contribution in [1.29, 1.82) is 0 Å². The number of ketones is 1. The molecular formula is C11H17NO2. The van der Waals surface area contributed by atoms with Gasteiger partial charge in [0.15, 0.2) is 0 Å². The third kappa shape index (κ3) is 3.32. The molecule has 1 fully saturated rings. The van der Waals surface area contributed by atoms with E-state index in [1.807, 2.05) is 0 Å². The first-order valence-electron chi connectivity index (χ1n) is 5.16. The average Bonchev–Trinajstić information content (AvgIpc) is 2.11. The highest BCUT2D eigenvalue weighted by atomic mass is 16.2. The van der Waals surface area contributed by atoms with Crippen molar-refractivity contribution in [3.05, 3.63) is 12.7 Å². The second-order valence-corrected chi connectivity index (χ2v) is 3.76. The van der Waals surface area contributed by atoms with E-state index in [-0.39, 0.29) is 5.78 Å². The lowest BCUT2D eigenvalue weighted by Gasteiger charge is -2.24. The van der Waals surface area contributed by atoms with Crippen molar-refractivity contribution in [3.63, 3.8) is 0 Å². The van der Waals surface area contributed by atoms with Gasteiger partial charge in [0.25, 0.3) is 5.91 Å². The van der Waals surface area contributed by atoms with E-state index in [0.717, 1.165) is 6.42 Å². The maximum Gasteiger partial charge on any atom is 0.287 e. The lowest BCUT2D eigenvalue weighted by molar-refractivity contribution is -0.138. The van der Waals surface area contributed by atoms with Crippen molar-refractivity contribution in [2.24, 2.45) is 5.92 Å². The van der Waals surface area contributed by atoms with Crippen molar-refractivity contribution >= 4 is 11.7 Å². The first-order valence-corrected chi connectivity index (χ1v) is 5.16. The highest BCUT2D eigenvalue weighted by Crippen LogP contribution is 2.30. The normalized spacial score (nSPS) is 15.7. The molecule has 1 aliphatic rings. The Labute approximate surface area is 84.6 Å². The molecule has 0 aromatic carbocycles. The molecular weight excluding hydrogens is 178 g/mol. The van der Waals surface area contributed by atoms with Gasteiger partial charge in [-0.3, -0.25) is 9.59 Å². The average molecular weight is 195 g/mol. The zero-order valence-electron chi connectivity index (χ0n) is 8.42. The number of rotatable bonds is 6. The summed E-state index contributed by atoms with van der Waals surface area (Å²) in [5.41, 5.74) is 0. The molecule has 1 amide bonds. The highest BCUT2D eigenvalue weighted by Gasteiger charge is 2.20. The molecule has 0 spiro atoms. The van der Waals surface area contributed by atoms with Gasteiger partial charge in [-0.2, -0.15) is 0 Å². The summed E-state index contributed by atoms with van der Waals surface area (Å²) < 4.78 is 0. The number of nitrogens with one attached hydrogen (secondary N) is 1. The summed E-state index contributed by atoms with van der Waals surface area (Å²) in [7, 11) is 0. The summed E-state index contributed by atoms with van der Waals surface area (Å²) in [4.78, 5) is 22.4. The molecule has 14 heavy (non-hydrogen) atoms. The van der Waals surface area contributed by atoms with Gasteiger partial charge in [0.1, 0.15) is 0 Å². The Balaban J connectivity index is 2.12. The molecule has 0 atom stereocenters. The number of hydrogen-bond donors (Lipinski definition) is 1. The van der Waals surface area contributed by atoms with Crippen LogP contribution in [0.5, 0.6) is 0 Å². The van der Waals surface area contributed by atoms with Crippen LogP contribution in [0, 0.1) is 5.92 Å². The molecule has 0 aromatic heterocycles. The lowest BCUT2D eigenvalue weighted by atomic mass is 9.82. The molecule has 1 N–H and O–H groups in total. The van der Waals surface area contributed by atoms with E-state index >= 15 is 0 Å². The predicted molar refractivity (Wildman–Crippen MR) is 54.8 cm³/mol. The molecule has 78 valence electrons. The molecule has 1 saturated carbocycles. The third-order valence-electron chi connectivity index (χ3n) is 2.66. The zero-order valence-corrected chi connectivity index (χ0v) is 8.42. The molecule has 0 aromatic rings. The zero-order chi connectivity index (χ0) is 10.4. The van der Waals surface area contributed by atoms with Crippen LogP contribution in [-0.2, 0) is 9.59 Å².